The van der Waals surface area contributed by atoms with Gasteiger partial charge in [-0.25, -0.2) is 0 Å². The van der Waals surface area contributed by atoms with Gasteiger partial charge < -0.3 is 14.5 Å². The van der Waals surface area contributed by atoms with Gasteiger partial charge in [0.15, 0.2) is 0 Å². The summed E-state index contributed by atoms with van der Waals surface area (Å²) in [5.41, 5.74) is 0.941. The second-order valence-corrected chi connectivity index (χ2v) is 7.79. The number of ether oxygens (including phenoxy) is 1. The molecule has 0 aromatic heterocycles. The Hall–Kier alpha value is -2.24. The summed E-state index contributed by atoms with van der Waals surface area (Å²) in [5, 5.41) is 1.23. The zero-order valence-electron chi connectivity index (χ0n) is 16.2. The molecule has 1 saturated heterocycles. The van der Waals surface area contributed by atoms with Crippen LogP contribution in [0.2, 0.25) is 10.0 Å². The average Bonchev–Trinajstić information content (AvgIpc) is 2.74. The molecule has 1 aliphatic rings. The summed E-state index contributed by atoms with van der Waals surface area (Å²) in [6, 6.07) is 14.6. The number of halogens is 2. The smallest absolute Gasteiger partial charge is 0.227 e. The molecule has 1 heterocycles. The van der Waals surface area contributed by atoms with Gasteiger partial charge in [0.1, 0.15) is 5.75 Å². The van der Waals surface area contributed by atoms with Gasteiger partial charge in [0, 0.05) is 37.6 Å². The first-order chi connectivity index (χ1) is 14.0. The number of amides is 2. The van der Waals surface area contributed by atoms with E-state index in [2.05, 4.69) is 0 Å². The molecule has 0 saturated carbocycles. The highest BCUT2D eigenvalue weighted by Crippen LogP contribution is 2.23. The van der Waals surface area contributed by atoms with Crippen LogP contribution in [-0.2, 0) is 16.0 Å². The second-order valence-electron chi connectivity index (χ2n) is 6.95. The number of rotatable bonds is 7. The molecule has 0 unspecified atom stereocenters. The lowest BCUT2D eigenvalue weighted by atomic mass is 10.1. The molecule has 3 rings (SSSR count). The number of para-hydroxylation sites is 1. The summed E-state index contributed by atoms with van der Waals surface area (Å²) in [6.45, 7) is 2.70. The minimum Gasteiger partial charge on any atom is -0.492 e. The lowest BCUT2D eigenvalue weighted by Crippen LogP contribution is -2.51. The average molecular weight is 435 g/mol. The Balaban J connectivity index is 1.36. The molecule has 7 heteroatoms. The van der Waals surface area contributed by atoms with E-state index in [9.17, 15) is 9.59 Å². The molecule has 5 nitrogen and oxygen atoms in total. The zero-order valence-corrected chi connectivity index (χ0v) is 17.7. The molecule has 2 aromatic rings. The first kappa shape index (κ1) is 21.5. The Morgan fingerprint density at radius 1 is 0.862 bits per heavy atom. The molecule has 0 bridgehead atoms. The molecule has 154 valence electrons. The molecule has 1 fully saturated rings. The van der Waals surface area contributed by atoms with E-state index >= 15 is 0 Å². The molecule has 0 radical (unpaired) electrons. The van der Waals surface area contributed by atoms with Gasteiger partial charge in [-0.1, -0.05) is 47.5 Å². The van der Waals surface area contributed by atoms with Gasteiger partial charge in [-0.3, -0.25) is 9.59 Å². The van der Waals surface area contributed by atoms with E-state index in [0.29, 0.717) is 67.8 Å². The first-order valence-corrected chi connectivity index (χ1v) is 10.5. The predicted molar refractivity (Wildman–Crippen MR) is 114 cm³/mol. The van der Waals surface area contributed by atoms with E-state index in [-0.39, 0.29) is 11.8 Å². The van der Waals surface area contributed by atoms with Gasteiger partial charge in [0.25, 0.3) is 0 Å². The van der Waals surface area contributed by atoms with Crippen molar-refractivity contribution in [2.75, 3.05) is 32.8 Å². The highest BCUT2D eigenvalue weighted by molar-refractivity contribution is 6.32. The maximum Gasteiger partial charge on any atom is 0.227 e. The van der Waals surface area contributed by atoms with E-state index in [1.807, 2.05) is 40.1 Å². The van der Waals surface area contributed by atoms with Crippen LogP contribution in [-0.4, -0.2) is 54.4 Å². The van der Waals surface area contributed by atoms with Crippen LogP contribution < -0.4 is 4.74 Å². The minimum atomic E-state index is 0.0764. The number of carbonyl (C=O) groups is 2. The van der Waals surface area contributed by atoms with Gasteiger partial charge in [0.2, 0.25) is 11.8 Å². The van der Waals surface area contributed by atoms with Crippen molar-refractivity contribution in [1.82, 2.24) is 9.80 Å². The Labute approximate surface area is 181 Å². The van der Waals surface area contributed by atoms with Crippen molar-refractivity contribution < 1.29 is 14.3 Å². The Kier molecular flexibility index (Phi) is 7.78. The topological polar surface area (TPSA) is 49.9 Å². The van der Waals surface area contributed by atoms with E-state index in [4.69, 9.17) is 27.9 Å². The number of benzene rings is 2. The third kappa shape index (κ3) is 6.38. The van der Waals surface area contributed by atoms with E-state index in [1.54, 1.807) is 18.2 Å². The van der Waals surface area contributed by atoms with Crippen molar-refractivity contribution in [1.29, 1.82) is 0 Å². The van der Waals surface area contributed by atoms with Crippen molar-refractivity contribution >= 4 is 35.0 Å². The fourth-order valence-corrected chi connectivity index (χ4v) is 3.54. The molecule has 2 amide bonds. The molecule has 0 atom stereocenters. The minimum absolute atomic E-state index is 0.0764. The van der Waals surface area contributed by atoms with Crippen molar-refractivity contribution in [2.45, 2.75) is 19.3 Å². The maximum atomic E-state index is 12.5. The number of carbonyl (C=O) groups excluding carboxylic acids is 2. The SMILES string of the molecule is O=C(CCCOc1ccccc1Cl)N1CCN(C(=O)Cc2ccc(Cl)cc2)CC1. The quantitative estimate of drug-likeness (QED) is 0.617. The molecular formula is C22H24Cl2N2O3. The third-order valence-electron chi connectivity index (χ3n) is 4.88. The molecule has 0 spiro atoms. The zero-order chi connectivity index (χ0) is 20.6. The standard InChI is InChI=1S/C22H24Cl2N2O3/c23-18-9-7-17(8-10-18)16-22(28)26-13-11-25(12-14-26)21(27)6-3-15-29-20-5-2-1-4-19(20)24/h1-2,4-5,7-10H,3,6,11-16H2. The Morgan fingerprint density at radius 3 is 2.14 bits per heavy atom. The normalized spacial score (nSPS) is 14.0. The summed E-state index contributed by atoms with van der Waals surface area (Å²) in [6.07, 6.45) is 1.40. The Bertz CT molecular complexity index is 834. The van der Waals surface area contributed by atoms with Crippen LogP contribution >= 0.6 is 23.2 Å². The van der Waals surface area contributed by atoms with Crippen LogP contribution in [0, 0.1) is 0 Å². The molecule has 2 aromatic carbocycles. The highest BCUT2D eigenvalue weighted by Gasteiger charge is 2.23. The first-order valence-electron chi connectivity index (χ1n) is 9.70. The molecular weight excluding hydrogens is 411 g/mol. The van der Waals surface area contributed by atoms with Gasteiger partial charge >= 0.3 is 0 Å². The van der Waals surface area contributed by atoms with Gasteiger partial charge in [-0.05, 0) is 36.2 Å². The number of hydrogen-bond donors (Lipinski definition) is 0. The predicted octanol–water partition coefficient (Wildman–Crippen LogP) is 4.07. The monoisotopic (exact) mass is 434 g/mol. The van der Waals surface area contributed by atoms with Gasteiger partial charge in [-0.15, -0.1) is 0 Å². The van der Waals surface area contributed by atoms with Gasteiger partial charge in [0.05, 0.1) is 18.1 Å². The van der Waals surface area contributed by atoms with E-state index < -0.39 is 0 Å². The Morgan fingerprint density at radius 2 is 1.48 bits per heavy atom. The number of hydrogen-bond acceptors (Lipinski definition) is 3. The van der Waals surface area contributed by atoms with Crippen molar-refractivity contribution in [3.05, 3.63) is 64.1 Å². The largest absolute Gasteiger partial charge is 0.492 e. The van der Waals surface area contributed by atoms with Crippen LogP contribution in [0.5, 0.6) is 5.75 Å². The summed E-state index contributed by atoms with van der Waals surface area (Å²) < 4.78 is 5.62. The van der Waals surface area contributed by atoms with Crippen LogP contribution in [0.15, 0.2) is 48.5 Å². The molecule has 1 aliphatic heterocycles. The van der Waals surface area contributed by atoms with Crippen molar-refractivity contribution in [3.8, 4) is 5.75 Å². The maximum absolute atomic E-state index is 12.5. The summed E-state index contributed by atoms with van der Waals surface area (Å²) in [7, 11) is 0. The lowest BCUT2D eigenvalue weighted by molar-refractivity contribution is -0.139. The fourth-order valence-electron chi connectivity index (χ4n) is 3.22. The van der Waals surface area contributed by atoms with Crippen LogP contribution in [0.3, 0.4) is 0 Å². The molecule has 29 heavy (non-hydrogen) atoms. The van der Waals surface area contributed by atoms with Gasteiger partial charge in [-0.2, -0.15) is 0 Å². The van der Waals surface area contributed by atoms with Crippen molar-refractivity contribution in [2.24, 2.45) is 0 Å². The highest BCUT2D eigenvalue weighted by atomic mass is 35.5. The third-order valence-corrected chi connectivity index (χ3v) is 5.45. The van der Waals surface area contributed by atoms with Crippen molar-refractivity contribution in [3.63, 3.8) is 0 Å². The van der Waals surface area contributed by atoms with Crippen LogP contribution in [0.25, 0.3) is 0 Å². The summed E-state index contributed by atoms with van der Waals surface area (Å²) >= 11 is 11.9. The van der Waals surface area contributed by atoms with Crippen LogP contribution in [0.4, 0.5) is 0 Å². The summed E-state index contributed by atoms with van der Waals surface area (Å²) in [5.74, 6) is 0.805. The molecule has 0 aliphatic carbocycles. The van der Waals surface area contributed by atoms with E-state index in [1.165, 1.54) is 0 Å². The van der Waals surface area contributed by atoms with E-state index in [0.717, 1.165) is 5.56 Å². The second kappa shape index (κ2) is 10.5. The fraction of sp³-hybridized carbons (Fsp3) is 0.364. The number of nitrogens with zero attached hydrogens (tertiary/aromatic N) is 2. The lowest BCUT2D eigenvalue weighted by Gasteiger charge is -2.35. The summed E-state index contributed by atoms with van der Waals surface area (Å²) in [4.78, 5) is 28.5. The number of piperazine rings is 1. The van der Waals surface area contributed by atoms with Crippen LogP contribution in [0.1, 0.15) is 18.4 Å². The molecule has 0 N–H and O–H groups in total.